The van der Waals surface area contributed by atoms with Gasteiger partial charge < -0.3 is 5.11 Å². The van der Waals surface area contributed by atoms with Gasteiger partial charge in [0.25, 0.3) is 0 Å². The molecule has 1 aliphatic rings. The highest BCUT2D eigenvalue weighted by molar-refractivity contribution is 7.86. The molecule has 1 N–H and O–H groups in total. The molecule has 56 valence electrons. The van der Waals surface area contributed by atoms with Crippen LogP contribution >= 0.6 is 0 Å². The molecule has 0 saturated heterocycles. The van der Waals surface area contributed by atoms with E-state index in [2.05, 4.69) is 4.99 Å². The third kappa shape index (κ3) is 1.63. The number of aliphatic imine (C=N–C) groups is 1. The second-order valence-corrected chi connectivity index (χ2v) is 3.50. The Hall–Kier alpha value is -0.710. The van der Waals surface area contributed by atoms with Crippen molar-refractivity contribution in [3.05, 3.63) is 0 Å². The lowest BCUT2D eigenvalue weighted by molar-refractivity contribution is -0.129. The Morgan fingerprint density at radius 1 is 1.70 bits per heavy atom. The molecule has 0 bridgehead atoms. The van der Waals surface area contributed by atoms with Gasteiger partial charge in [-0.3, -0.25) is 9.20 Å². The number of nitrogens with zero attached hydrogens (tertiary/aromatic N) is 1. The standard InChI is InChI=1S/C5H7NO3S/c7-5(8)4-3-10(9)2-1-6-4/h1-3H2,(H,7,8). The van der Waals surface area contributed by atoms with Crippen LogP contribution in [0.25, 0.3) is 0 Å². The van der Waals surface area contributed by atoms with Crippen LogP contribution in [-0.4, -0.2) is 39.0 Å². The number of carbonyl (C=O) groups is 1. The minimum absolute atomic E-state index is 0.0459. The van der Waals surface area contributed by atoms with Crippen molar-refractivity contribution in [1.82, 2.24) is 0 Å². The Kier molecular flexibility index (Phi) is 2.16. The smallest absolute Gasteiger partial charge is 0.350 e. The van der Waals surface area contributed by atoms with Gasteiger partial charge in [0.15, 0.2) is 0 Å². The molecule has 1 rings (SSSR count). The van der Waals surface area contributed by atoms with Crippen molar-refractivity contribution in [3.8, 4) is 0 Å². The van der Waals surface area contributed by atoms with E-state index < -0.39 is 16.8 Å². The monoisotopic (exact) mass is 161 g/mol. The van der Waals surface area contributed by atoms with Gasteiger partial charge in [0.05, 0.1) is 12.3 Å². The van der Waals surface area contributed by atoms with Crippen molar-refractivity contribution in [2.45, 2.75) is 0 Å². The van der Waals surface area contributed by atoms with E-state index in [4.69, 9.17) is 5.11 Å². The van der Waals surface area contributed by atoms with E-state index in [0.29, 0.717) is 12.3 Å². The number of carboxylic acid groups (broad SMARTS) is 1. The summed E-state index contributed by atoms with van der Waals surface area (Å²) < 4.78 is 10.7. The Morgan fingerprint density at radius 2 is 2.40 bits per heavy atom. The topological polar surface area (TPSA) is 66.7 Å². The van der Waals surface area contributed by atoms with E-state index in [1.54, 1.807) is 0 Å². The number of hydrogen-bond donors (Lipinski definition) is 1. The molecule has 1 unspecified atom stereocenters. The third-order valence-corrected chi connectivity index (χ3v) is 2.40. The van der Waals surface area contributed by atoms with Crippen LogP contribution in [0, 0.1) is 0 Å². The quantitative estimate of drug-likeness (QED) is 0.551. The fraction of sp³-hybridized carbons (Fsp3) is 0.600. The molecular weight excluding hydrogens is 154 g/mol. The predicted molar refractivity (Wildman–Crippen MR) is 37.8 cm³/mol. The molecule has 0 aromatic carbocycles. The van der Waals surface area contributed by atoms with Crippen molar-refractivity contribution in [2.24, 2.45) is 4.99 Å². The Labute approximate surface area is 60.4 Å². The molecule has 1 atom stereocenters. The largest absolute Gasteiger partial charge is 0.477 e. The van der Waals surface area contributed by atoms with Crippen LogP contribution in [0.5, 0.6) is 0 Å². The van der Waals surface area contributed by atoms with Crippen molar-refractivity contribution < 1.29 is 14.1 Å². The van der Waals surface area contributed by atoms with E-state index in [1.807, 2.05) is 0 Å². The predicted octanol–water partition coefficient (Wildman–Crippen LogP) is -0.726. The lowest BCUT2D eigenvalue weighted by atomic mass is 10.4. The van der Waals surface area contributed by atoms with E-state index >= 15 is 0 Å². The van der Waals surface area contributed by atoms with E-state index in [-0.39, 0.29) is 11.5 Å². The minimum atomic E-state index is -1.05. The fourth-order valence-electron chi connectivity index (χ4n) is 0.682. The molecular formula is C5H7NO3S. The van der Waals surface area contributed by atoms with Crippen LogP contribution in [0.2, 0.25) is 0 Å². The second-order valence-electron chi connectivity index (χ2n) is 1.92. The van der Waals surface area contributed by atoms with Gasteiger partial charge in [-0.2, -0.15) is 0 Å². The summed E-state index contributed by atoms with van der Waals surface area (Å²) in [6.45, 7) is 0.383. The minimum Gasteiger partial charge on any atom is -0.477 e. The van der Waals surface area contributed by atoms with Gasteiger partial charge in [0, 0.05) is 16.6 Å². The average Bonchev–Trinajstić information content (AvgIpc) is 1.88. The van der Waals surface area contributed by atoms with Crippen LogP contribution in [0.15, 0.2) is 4.99 Å². The normalized spacial score (nSPS) is 25.6. The van der Waals surface area contributed by atoms with Gasteiger partial charge in [0.2, 0.25) is 0 Å². The number of rotatable bonds is 1. The molecule has 0 amide bonds. The van der Waals surface area contributed by atoms with E-state index in [0.717, 1.165) is 0 Å². The summed E-state index contributed by atoms with van der Waals surface area (Å²) in [6, 6.07) is 0. The zero-order valence-electron chi connectivity index (χ0n) is 5.24. The third-order valence-electron chi connectivity index (χ3n) is 1.17. The van der Waals surface area contributed by atoms with Crippen molar-refractivity contribution >= 4 is 22.5 Å². The van der Waals surface area contributed by atoms with E-state index in [9.17, 15) is 9.00 Å². The highest BCUT2D eigenvalue weighted by Crippen LogP contribution is 1.95. The molecule has 0 aromatic rings. The molecule has 4 nitrogen and oxygen atoms in total. The first kappa shape index (κ1) is 7.40. The maximum absolute atomic E-state index is 10.7. The lowest BCUT2D eigenvalue weighted by Gasteiger charge is -2.06. The second kappa shape index (κ2) is 2.92. The van der Waals surface area contributed by atoms with Gasteiger partial charge in [-0.1, -0.05) is 0 Å². The van der Waals surface area contributed by atoms with Crippen LogP contribution in [0.4, 0.5) is 0 Å². The number of aliphatic carboxylic acids is 1. The molecule has 0 fully saturated rings. The van der Waals surface area contributed by atoms with Crippen molar-refractivity contribution in [1.29, 1.82) is 0 Å². The molecule has 0 aromatic heterocycles. The Morgan fingerprint density at radius 3 is 2.80 bits per heavy atom. The van der Waals surface area contributed by atoms with Gasteiger partial charge in [0.1, 0.15) is 5.71 Å². The fourth-order valence-corrected chi connectivity index (χ4v) is 1.64. The summed E-state index contributed by atoms with van der Waals surface area (Å²) in [6.07, 6.45) is 0. The Bertz CT molecular complexity index is 211. The van der Waals surface area contributed by atoms with E-state index in [1.165, 1.54) is 0 Å². The summed E-state index contributed by atoms with van der Waals surface area (Å²) in [4.78, 5) is 13.9. The lowest BCUT2D eigenvalue weighted by Crippen LogP contribution is -2.27. The van der Waals surface area contributed by atoms with Gasteiger partial charge in [-0.05, 0) is 0 Å². The van der Waals surface area contributed by atoms with Crippen molar-refractivity contribution in [2.75, 3.05) is 18.1 Å². The first-order valence-electron chi connectivity index (χ1n) is 2.82. The average molecular weight is 161 g/mol. The molecule has 1 heterocycles. The maximum atomic E-state index is 10.7. The van der Waals surface area contributed by atoms with Gasteiger partial charge in [-0.25, -0.2) is 4.79 Å². The highest BCUT2D eigenvalue weighted by atomic mass is 32.2. The number of carboxylic acids is 1. The van der Waals surface area contributed by atoms with Gasteiger partial charge in [-0.15, -0.1) is 0 Å². The molecule has 1 aliphatic heterocycles. The molecule has 0 radical (unpaired) electrons. The summed E-state index contributed by atoms with van der Waals surface area (Å²) in [7, 11) is -1.00. The maximum Gasteiger partial charge on any atom is 0.350 e. The molecule has 10 heavy (non-hydrogen) atoms. The number of hydrogen-bond acceptors (Lipinski definition) is 3. The first-order valence-corrected chi connectivity index (χ1v) is 4.30. The Balaban J connectivity index is 2.69. The summed E-state index contributed by atoms with van der Waals surface area (Å²) in [5.41, 5.74) is 0.0459. The van der Waals surface area contributed by atoms with Crippen LogP contribution in [-0.2, 0) is 15.6 Å². The van der Waals surface area contributed by atoms with Crippen molar-refractivity contribution in [3.63, 3.8) is 0 Å². The van der Waals surface area contributed by atoms with Crippen LogP contribution < -0.4 is 0 Å². The molecule has 0 aliphatic carbocycles. The SMILES string of the molecule is O=C(O)C1=NCCS(=O)C1. The first-order chi connectivity index (χ1) is 4.70. The zero-order chi connectivity index (χ0) is 7.56. The van der Waals surface area contributed by atoms with Gasteiger partial charge >= 0.3 is 5.97 Å². The molecule has 0 spiro atoms. The summed E-state index contributed by atoms with van der Waals surface area (Å²) in [5.74, 6) is -0.445. The molecule has 0 saturated carbocycles. The summed E-state index contributed by atoms with van der Waals surface area (Å²) >= 11 is 0. The molecule has 5 heteroatoms. The van der Waals surface area contributed by atoms with Crippen LogP contribution in [0.1, 0.15) is 0 Å². The summed E-state index contributed by atoms with van der Waals surface area (Å²) in [5, 5.41) is 8.39. The van der Waals surface area contributed by atoms with Crippen LogP contribution in [0.3, 0.4) is 0 Å². The highest BCUT2D eigenvalue weighted by Gasteiger charge is 2.16. The zero-order valence-corrected chi connectivity index (χ0v) is 6.06.